The molecule has 2 heterocycles. The number of likely N-dealkylation sites (tertiary alicyclic amines) is 1. The maximum absolute atomic E-state index is 12.1. The Morgan fingerprint density at radius 3 is 2.50 bits per heavy atom. The molecule has 2 unspecified atom stereocenters. The number of ether oxygens (including phenoxy) is 1. The molecule has 2 atom stereocenters. The molecule has 3 heteroatoms. The van der Waals surface area contributed by atoms with E-state index in [-0.39, 0.29) is 18.1 Å². The summed E-state index contributed by atoms with van der Waals surface area (Å²) in [7, 11) is 0. The van der Waals surface area contributed by atoms with Crippen molar-refractivity contribution in [2.45, 2.75) is 25.0 Å². The van der Waals surface area contributed by atoms with E-state index in [4.69, 9.17) is 4.74 Å². The first-order valence-corrected chi connectivity index (χ1v) is 6.49. The van der Waals surface area contributed by atoms with Crippen molar-refractivity contribution in [3.05, 3.63) is 42.0 Å². The summed E-state index contributed by atoms with van der Waals surface area (Å²) in [5.74, 6) is 0.0963. The molecule has 2 fully saturated rings. The second-order valence-electron chi connectivity index (χ2n) is 4.94. The predicted molar refractivity (Wildman–Crippen MR) is 70.0 cm³/mol. The van der Waals surface area contributed by atoms with Gasteiger partial charge in [-0.1, -0.05) is 30.3 Å². The van der Waals surface area contributed by atoms with Crippen LogP contribution in [0, 0.1) is 0 Å². The Morgan fingerprint density at radius 1 is 1.17 bits per heavy atom. The SMILES string of the molecule is O=C(C=Cc1ccccc1)N1CC2CCC(C1)O2. The topological polar surface area (TPSA) is 29.5 Å². The van der Waals surface area contributed by atoms with Crippen molar-refractivity contribution in [3.8, 4) is 0 Å². The van der Waals surface area contributed by atoms with Gasteiger partial charge in [0.25, 0.3) is 0 Å². The molecule has 0 radical (unpaired) electrons. The van der Waals surface area contributed by atoms with E-state index >= 15 is 0 Å². The Balaban J connectivity index is 1.63. The van der Waals surface area contributed by atoms with E-state index in [0.717, 1.165) is 31.5 Å². The summed E-state index contributed by atoms with van der Waals surface area (Å²) in [5, 5.41) is 0. The molecule has 18 heavy (non-hydrogen) atoms. The fourth-order valence-electron chi connectivity index (χ4n) is 2.63. The molecular weight excluding hydrogens is 226 g/mol. The van der Waals surface area contributed by atoms with Gasteiger partial charge < -0.3 is 9.64 Å². The van der Waals surface area contributed by atoms with Crippen molar-refractivity contribution in [1.82, 2.24) is 4.90 Å². The van der Waals surface area contributed by atoms with Crippen LogP contribution < -0.4 is 0 Å². The molecule has 0 N–H and O–H groups in total. The van der Waals surface area contributed by atoms with Gasteiger partial charge in [0.2, 0.25) is 5.91 Å². The second kappa shape index (κ2) is 4.94. The van der Waals surface area contributed by atoms with Crippen LogP contribution in [0.25, 0.3) is 6.08 Å². The zero-order valence-electron chi connectivity index (χ0n) is 10.3. The molecule has 0 aliphatic carbocycles. The van der Waals surface area contributed by atoms with Gasteiger partial charge in [-0.3, -0.25) is 4.79 Å². The Hall–Kier alpha value is -1.61. The number of amides is 1. The van der Waals surface area contributed by atoms with Crippen LogP contribution in [-0.2, 0) is 9.53 Å². The highest BCUT2D eigenvalue weighted by Crippen LogP contribution is 2.26. The van der Waals surface area contributed by atoms with E-state index in [1.54, 1.807) is 6.08 Å². The fraction of sp³-hybridized carbons (Fsp3) is 0.400. The molecule has 0 saturated carbocycles. The lowest BCUT2D eigenvalue weighted by atomic mass is 10.2. The Morgan fingerprint density at radius 2 is 1.83 bits per heavy atom. The van der Waals surface area contributed by atoms with Crippen LogP contribution in [0.1, 0.15) is 18.4 Å². The highest BCUT2D eigenvalue weighted by Gasteiger charge is 2.34. The summed E-state index contributed by atoms with van der Waals surface area (Å²) in [6.45, 7) is 1.49. The lowest BCUT2D eigenvalue weighted by molar-refractivity contribution is -0.134. The lowest BCUT2D eigenvalue weighted by Crippen LogP contribution is -2.45. The zero-order chi connectivity index (χ0) is 12.4. The molecule has 3 rings (SSSR count). The minimum absolute atomic E-state index is 0.0963. The third-order valence-electron chi connectivity index (χ3n) is 3.57. The van der Waals surface area contributed by atoms with Crippen molar-refractivity contribution in [2.75, 3.05) is 13.1 Å². The first-order valence-electron chi connectivity index (χ1n) is 6.49. The average molecular weight is 243 g/mol. The molecule has 94 valence electrons. The summed E-state index contributed by atoms with van der Waals surface area (Å²) in [6, 6.07) is 9.90. The molecule has 2 aliphatic heterocycles. The first-order chi connectivity index (χ1) is 8.81. The van der Waals surface area contributed by atoms with E-state index in [9.17, 15) is 4.79 Å². The number of rotatable bonds is 2. The number of benzene rings is 1. The predicted octanol–water partition coefficient (Wildman–Crippen LogP) is 2.09. The molecular formula is C15H17NO2. The van der Waals surface area contributed by atoms with Crippen LogP contribution in [-0.4, -0.2) is 36.1 Å². The van der Waals surface area contributed by atoms with E-state index in [1.165, 1.54) is 0 Å². The van der Waals surface area contributed by atoms with Crippen molar-refractivity contribution in [1.29, 1.82) is 0 Å². The summed E-state index contributed by atoms with van der Waals surface area (Å²) >= 11 is 0. The van der Waals surface area contributed by atoms with Gasteiger partial charge in [0.1, 0.15) is 0 Å². The number of fused-ring (bicyclic) bond motifs is 2. The molecule has 2 bridgehead atoms. The van der Waals surface area contributed by atoms with Gasteiger partial charge in [-0.2, -0.15) is 0 Å². The standard InChI is InChI=1S/C15H17NO2/c17-15(9-6-12-4-2-1-3-5-12)16-10-13-7-8-14(11-16)18-13/h1-6,9,13-14H,7-8,10-11H2. The Kier molecular flexibility index (Phi) is 3.15. The highest BCUT2D eigenvalue weighted by molar-refractivity contribution is 5.91. The third kappa shape index (κ3) is 2.46. The molecule has 2 saturated heterocycles. The van der Waals surface area contributed by atoms with Crippen LogP contribution in [0.5, 0.6) is 0 Å². The number of morpholine rings is 1. The summed E-state index contributed by atoms with van der Waals surface area (Å²) in [6.07, 6.45) is 6.25. The summed E-state index contributed by atoms with van der Waals surface area (Å²) < 4.78 is 5.72. The molecule has 1 aromatic rings. The van der Waals surface area contributed by atoms with Gasteiger partial charge in [0, 0.05) is 19.2 Å². The maximum Gasteiger partial charge on any atom is 0.246 e. The molecule has 1 aromatic carbocycles. The van der Waals surface area contributed by atoms with Gasteiger partial charge in [0.05, 0.1) is 12.2 Å². The molecule has 1 amide bonds. The molecule has 2 aliphatic rings. The van der Waals surface area contributed by atoms with Crippen LogP contribution in [0.3, 0.4) is 0 Å². The molecule has 0 aromatic heterocycles. The van der Waals surface area contributed by atoms with E-state index < -0.39 is 0 Å². The van der Waals surface area contributed by atoms with Crippen molar-refractivity contribution < 1.29 is 9.53 Å². The normalized spacial score (nSPS) is 26.8. The Labute approximate surface area is 107 Å². The number of carbonyl (C=O) groups is 1. The Bertz CT molecular complexity index is 443. The monoisotopic (exact) mass is 243 g/mol. The van der Waals surface area contributed by atoms with Crippen molar-refractivity contribution >= 4 is 12.0 Å². The number of carbonyl (C=O) groups excluding carboxylic acids is 1. The first kappa shape index (κ1) is 11.5. The number of hydrogen-bond acceptors (Lipinski definition) is 2. The van der Waals surface area contributed by atoms with Crippen LogP contribution >= 0.6 is 0 Å². The minimum Gasteiger partial charge on any atom is -0.371 e. The van der Waals surface area contributed by atoms with Gasteiger partial charge in [-0.25, -0.2) is 0 Å². The average Bonchev–Trinajstić information content (AvgIpc) is 2.76. The fourth-order valence-corrected chi connectivity index (χ4v) is 2.63. The van der Waals surface area contributed by atoms with Gasteiger partial charge in [-0.05, 0) is 24.5 Å². The quantitative estimate of drug-likeness (QED) is 0.744. The second-order valence-corrected chi connectivity index (χ2v) is 4.94. The van der Waals surface area contributed by atoms with E-state index in [0.29, 0.717) is 0 Å². The van der Waals surface area contributed by atoms with Crippen molar-refractivity contribution in [2.24, 2.45) is 0 Å². The van der Waals surface area contributed by atoms with Crippen molar-refractivity contribution in [3.63, 3.8) is 0 Å². The molecule has 3 nitrogen and oxygen atoms in total. The minimum atomic E-state index is 0.0963. The largest absolute Gasteiger partial charge is 0.371 e. The maximum atomic E-state index is 12.1. The summed E-state index contributed by atoms with van der Waals surface area (Å²) in [4.78, 5) is 14.0. The van der Waals surface area contributed by atoms with Crippen LogP contribution in [0.2, 0.25) is 0 Å². The van der Waals surface area contributed by atoms with Crippen LogP contribution in [0.4, 0.5) is 0 Å². The molecule has 0 spiro atoms. The van der Waals surface area contributed by atoms with Gasteiger partial charge >= 0.3 is 0 Å². The lowest BCUT2D eigenvalue weighted by Gasteiger charge is -2.31. The van der Waals surface area contributed by atoms with E-state index in [2.05, 4.69) is 0 Å². The third-order valence-corrected chi connectivity index (χ3v) is 3.57. The van der Waals surface area contributed by atoms with E-state index in [1.807, 2.05) is 41.3 Å². The highest BCUT2D eigenvalue weighted by atomic mass is 16.5. The zero-order valence-corrected chi connectivity index (χ0v) is 10.3. The van der Waals surface area contributed by atoms with Gasteiger partial charge in [-0.15, -0.1) is 0 Å². The number of hydrogen-bond donors (Lipinski definition) is 0. The number of nitrogens with zero attached hydrogens (tertiary/aromatic N) is 1. The van der Waals surface area contributed by atoms with Gasteiger partial charge in [0.15, 0.2) is 0 Å². The smallest absolute Gasteiger partial charge is 0.246 e. The summed E-state index contributed by atoms with van der Waals surface area (Å²) in [5.41, 5.74) is 1.06. The van der Waals surface area contributed by atoms with Crippen LogP contribution in [0.15, 0.2) is 36.4 Å².